The Hall–Kier alpha value is -0.900. The topological polar surface area (TPSA) is 24.5 Å². The fourth-order valence-corrected chi connectivity index (χ4v) is 2.99. The summed E-state index contributed by atoms with van der Waals surface area (Å²) in [5.74, 6) is 0. The van der Waals surface area contributed by atoms with E-state index in [9.17, 15) is 0 Å². The van der Waals surface area contributed by atoms with Gasteiger partial charge in [0.15, 0.2) is 0 Å². The number of hydrogen-bond acceptors (Lipinski definition) is 3. The zero-order chi connectivity index (χ0) is 14.2. The number of nitrogens with one attached hydrogen (secondary N) is 1. The molecule has 2 rings (SSSR count). The quantitative estimate of drug-likeness (QED) is 0.790. The summed E-state index contributed by atoms with van der Waals surface area (Å²) in [5, 5.41) is 3.68. The molecule has 3 nitrogen and oxygen atoms in total. The molecule has 2 atom stereocenters. The highest BCUT2D eigenvalue weighted by molar-refractivity contribution is 5.19. The lowest BCUT2D eigenvalue weighted by Crippen LogP contribution is -2.40. The van der Waals surface area contributed by atoms with Gasteiger partial charge in [-0.15, -0.1) is 0 Å². The van der Waals surface area contributed by atoms with Crippen molar-refractivity contribution in [2.24, 2.45) is 0 Å². The summed E-state index contributed by atoms with van der Waals surface area (Å²) in [6.07, 6.45) is 3.77. The lowest BCUT2D eigenvalue weighted by molar-refractivity contribution is 0.155. The van der Waals surface area contributed by atoms with Crippen molar-refractivity contribution >= 4 is 0 Å². The van der Waals surface area contributed by atoms with E-state index in [0.29, 0.717) is 12.1 Å². The van der Waals surface area contributed by atoms with Gasteiger partial charge in [-0.2, -0.15) is 0 Å². The summed E-state index contributed by atoms with van der Waals surface area (Å²) >= 11 is 0. The predicted molar refractivity (Wildman–Crippen MR) is 83.9 cm³/mol. The lowest BCUT2D eigenvalue weighted by Gasteiger charge is -2.30. The van der Waals surface area contributed by atoms with Crippen molar-refractivity contribution in [3.8, 4) is 0 Å². The van der Waals surface area contributed by atoms with Crippen LogP contribution in [0.25, 0.3) is 0 Å². The van der Waals surface area contributed by atoms with E-state index in [2.05, 4.69) is 47.5 Å². The van der Waals surface area contributed by atoms with Crippen LogP contribution in [0.3, 0.4) is 0 Å². The van der Waals surface area contributed by atoms with Crippen LogP contribution in [-0.2, 0) is 4.74 Å². The summed E-state index contributed by atoms with van der Waals surface area (Å²) < 4.78 is 5.28. The van der Waals surface area contributed by atoms with Gasteiger partial charge in [0.2, 0.25) is 0 Å². The van der Waals surface area contributed by atoms with Gasteiger partial charge in [0.25, 0.3) is 0 Å². The van der Waals surface area contributed by atoms with E-state index in [1.54, 1.807) is 7.11 Å². The van der Waals surface area contributed by atoms with Gasteiger partial charge in [-0.05, 0) is 37.9 Å². The number of hydrogen-bond donors (Lipinski definition) is 1. The number of benzene rings is 1. The van der Waals surface area contributed by atoms with Gasteiger partial charge in [-0.3, -0.25) is 4.90 Å². The van der Waals surface area contributed by atoms with Crippen LogP contribution in [0.15, 0.2) is 30.3 Å². The number of rotatable bonds is 8. The van der Waals surface area contributed by atoms with Crippen LogP contribution >= 0.6 is 0 Å². The van der Waals surface area contributed by atoms with Crippen molar-refractivity contribution in [2.45, 2.75) is 38.3 Å². The molecule has 1 N–H and O–H groups in total. The molecule has 1 aromatic carbocycles. The first-order valence-electron chi connectivity index (χ1n) is 7.86. The molecule has 1 heterocycles. The fourth-order valence-electron chi connectivity index (χ4n) is 2.99. The molecule has 0 amide bonds. The molecule has 1 fully saturated rings. The highest BCUT2D eigenvalue weighted by Crippen LogP contribution is 2.24. The maximum atomic E-state index is 5.28. The standard InChI is InChI=1S/C17H28N2O/c1-3-16(14-20-2)18-13-17(19-11-7-8-12-19)15-9-5-4-6-10-15/h4-6,9-10,16-18H,3,7-8,11-14H2,1-2H3. The summed E-state index contributed by atoms with van der Waals surface area (Å²) in [5.41, 5.74) is 1.43. The summed E-state index contributed by atoms with van der Waals surface area (Å²) in [6, 6.07) is 11.8. The molecule has 1 aliphatic rings. The second-order valence-corrected chi connectivity index (χ2v) is 5.64. The van der Waals surface area contributed by atoms with Crippen LogP contribution in [0.5, 0.6) is 0 Å². The van der Waals surface area contributed by atoms with Crippen LogP contribution in [0.2, 0.25) is 0 Å². The van der Waals surface area contributed by atoms with Gasteiger partial charge in [0.05, 0.1) is 6.61 Å². The van der Waals surface area contributed by atoms with Gasteiger partial charge in [-0.25, -0.2) is 0 Å². The van der Waals surface area contributed by atoms with E-state index < -0.39 is 0 Å². The van der Waals surface area contributed by atoms with E-state index >= 15 is 0 Å². The Morgan fingerprint density at radius 2 is 1.90 bits per heavy atom. The zero-order valence-corrected chi connectivity index (χ0v) is 12.8. The molecular weight excluding hydrogens is 248 g/mol. The summed E-state index contributed by atoms with van der Waals surface area (Å²) in [4.78, 5) is 2.61. The minimum absolute atomic E-state index is 0.453. The van der Waals surface area contributed by atoms with Crippen LogP contribution in [0.4, 0.5) is 0 Å². The minimum Gasteiger partial charge on any atom is -0.383 e. The lowest BCUT2D eigenvalue weighted by atomic mass is 10.0. The Labute approximate surface area is 123 Å². The highest BCUT2D eigenvalue weighted by Gasteiger charge is 2.23. The highest BCUT2D eigenvalue weighted by atomic mass is 16.5. The normalized spacial score (nSPS) is 19.1. The van der Waals surface area contributed by atoms with Gasteiger partial charge in [-0.1, -0.05) is 37.3 Å². The second kappa shape index (κ2) is 8.40. The molecule has 1 aromatic rings. The number of ether oxygens (including phenoxy) is 1. The molecule has 20 heavy (non-hydrogen) atoms. The Morgan fingerprint density at radius 3 is 2.50 bits per heavy atom. The van der Waals surface area contributed by atoms with Crippen molar-refractivity contribution < 1.29 is 4.74 Å². The number of nitrogens with zero attached hydrogens (tertiary/aromatic N) is 1. The third-order valence-corrected chi connectivity index (χ3v) is 4.23. The first-order valence-corrected chi connectivity index (χ1v) is 7.86. The molecule has 112 valence electrons. The van der Waals surface area contributed by atoms with E-state index in [1.165, 1.54) is 31.5 Å². The van der Waals surface area contributed by atoms with E-state index in [1.807, 2.05) is 0 Å². The maximum absolute atomic E-state index is 5.28. The monoisotopic (exact) mass is 276 g/mol. The zero-order valence-electron chi connectivity index (χ0n) is 12.8. The van der Waals surface area contributed by atoms with Crippen molar-refractivity contribution in [3.05, 3.63) is 35.9 Å². The summed E-state index contributed by atoms with van der Waals surface area (Å²) in [6.45, 7) is 6.46. The molecule has 0 radical (unpaired) electrons. The summed E-state index contributed by atoms with van der Waals surface area (Å²) in [7, 11) is 1.78. The van der Waals surface area contributed by atoms with Crippen molar-refractivity contribution in [1.29, 1.82) is 0 Å². The van der Waals surface area contributed by atoms with Crippen LogP contribution in [0, 0.1) is 0 Å². The largest absolute Gasteiger partial charge is 0.383 e. The molecule has 3 heteroatoms. The van der Waals surface area contributed by atoms with Crippen molar-refractivity contribution in [1.82, 2.24) is 10.2 Å². The smallest absolute Gasteiger partial charge is 0.0615 e. The number of methoxy groups -OCH3 is 1. The van der Waals surface area contributed by atoms with E-state index in [4.69, 9.17) is 4.74 Å². The Balaban J connectivity index is 1.99. The molecule has 0 saturated carbocycles. The van der Waals surface area contributed by atoms with Crippen molar-refractivity contribution in [3.63, 3.8) is 0 Å². The van der Waals surface area contributed by atoms with Crippen LogP contribution in [0.1, 0.15) is 37.8 Å². The first kappa shape index (κ1) is 15.5. The van der Waals surface area contributed by atoms with Gasteiger partial charge in [0.1, 0.15) is 0 Å². The minimum atomic E-state index is 0.453. The Morgan fingerprint density at radius 1 is 1.20 bits per heavy atom. The molecule has 0 aliphatic carbocycles. The van der Waals surface area contributed by atoms with Crippen molar-refractivity contribution in [2.75, 3.05) is 33.4 Å². The SMILES string of the molecule is CCC(COC)NCC(c1ccccc1)N1CCCC1. The molecular formula is C17H28N2O. The molecule has 0 spiro atoms. The number of likely N-dealkylation sites (tertiary alicyclic amines) is 1. The predicted octanol–water partition coefficient (Wildman–Crippen LogP) is 2.84. The van der Waals surface area contributed by atoms with E-state index in [-0.39, 0.29) is 0 Å². The Bertz CT molecular complexity index is 363. The third kappa shape index (κ3) is 4.30. The maximum Gasteiger partial charge on any atom is 0.0615 e. The van der Waals surface area contributed by atoms with Gasteiger partial charge >= 0.3 is 0 Å². The average Bonchev–Trinajstić information content (AvgIpc) is 3.01. The molecule has 0 aromatic heterocycles. The van der Waals surface area contributed by atoms with E-state index in [0.717, 1.165) is 19.6 Å². The first-order chi connectivity index (χ1) is 9.85. The third-order valence-electron chi connectivity index (χ3n) is 4.23. The van der Waals surface area contributed by atoms with Crippen LogP contribution < -0.4 is 5.32 Å². The molecule has 1 aliphatic heterocycles. The molecule has 1 saturated heterocycles. The Kier molecular flexibility index (Phi) is 6.51. The average molecular weight is 276 g/mol. The van der Waals surface area contributed by atoms with Crippen LogP contribution in [-0.4, -0.2) is 44.3 Å². The molecule has 0 bridgehead atoms. The second-order valence-electron chi connectivity index (χ2n) is 5.64. The van der Waals surface area contributed by atoms with Gasteiger partial charge < -0.3 is 10.1 Å². The fraction of sp³-hybridized carbons (Fsp3) is 0.647. The molecule has 2 unspecified atom stereocenters. The van der Waals surface area contributed by atoms with Gasteiger partial charge in [0, 0.05) is 25.7 Å².